The lowest BCUT2D eigenvalue weighted by molar-refractivity contribution is -0.120. The van der Waals surface area contributed by atoms with E-state index in [0.717, 1.165) is 0 Å². The Balaban J connectivity index is 1.49. The summed E-state index contributed by atoms with van der Waals surface area (Å²) in [5.74, 6) is -1.08. The standard InChI is InChI=1S/C20H29N7O5S/c1-3-27-18(20(29)25-7-9-32-10-8-25)17(12-22-27)23-19(28)15-5-4-6-26(13-15)33(30,31)16-11-21-24(2)14-16/h11-12,14-15H,3-10,13H2,1-2H3,(H,23,28)/t15-/m1/s1. The summed E-state index contributed by atoms with van der Waals surface area (Å²) in [4.78, 5) is 28.0. The maximum Gasteiger partial charge on any atom is 0.274 e. The van der Waals surface area contributed by atoms with Crippen LogP contribution in [0.1, 0.15) is 30.3 Å². The van der Waals surface area contributed by atoms with Crippen LogP contribution in [0.4, 0.5) is 5.69 Å². The molecule has 2 saturated heterocycles. The molecule has 0 radical (unpaired) electrons. The number of hydrogen-bond acceptors (Lipinski definition) is 7. The normalized spacial score (nSPS) is 20.1. The molecule has 0 spiro atoms. The lowest BCUT2D eigenvalue weighted by Crippen LogP contribution is -2.44. The van der Waals surface area contributed by atoms with Crippen LogP contribution in [0.2, 0.25) is 0 Å². The van der Waals surface area contributed by atoms with Crippen molar-refractivity contribution < 1.29 is 22.7 Å². The summed E-state index contributed by atoms with van der Waals surface area (Å²) in [6.07, 6.45) is 5.34. The minimum absolute atomic E-state index is 0.0672. The Hall–Kier alpha value is -2.77. The summed E-state index contributed by atoms with van der Waals surface area (Å²) >= 11 is 0. The van der Waals surface area contributed by atoms with Gasteiger partial charge in [-0.15, -0.1) is 0 Å². The molecule has 0 bridgehead atoms. The number of nitrogens with one attached hydrogen (secondary N) is 1. The van der Waals surface area contributed by atoms with E-state index in [-0.39, 0.29) is 23.3 Å². The number of morpholine rings is 1. The van der Waals surface area contributed by atoms with Crippen molar-refractivity contribution >= 4 is 27.5 Å². The summed E-state index contributed by atoms with van der Waals surface area (Å²) < 4.78 is 35.6. The van der Waals surface area contributed by atoms with Crippen molar-refractivity contribution in [3.63, 3.8) is 0 Å². The van der Waals surface area contributed by atoms with Gasteiger partial charge >= 0.3 is 0 Å². The molecule has 0 unspecified atom stereocenters. The third kappa shape index (κ3) is 4.80. The predicted molar refractivity (Wildman–Crippen MR) is 118 cm³/mol. The average Bonchev–Trinajstić information content (AvgIpc) is 3.45. The zero-order chi connectivity index (χ0) is 23.6. The second-order valence-corrected chi connectivity index (χ2v) is 10.1. The fourth-order valence-electron chi connectivity index (χ4n) is 4.15. The summed E-state index contributed by atoms with van der Waals surface area (Å²) in [5.41, 5.74) is 0.661. The number of nitrogens with zero attached hydrogens (tertiary/aromatic N) is 6. The fraction of sp³-hybridized carbons (Fsp3) is 0.600. The van der Waals surface area contributed by atoms with Gasteiger partial charge in [0.05, 0.1) is 37.2 Å². The lowest BCUT2D eigenvalue weighted by Gasteiger charge is -2.31. The molecule has 2 fully saturated rings. The first kappa shape index (κ1) is 23.4. The van der Waals surface area contributed by atoms with E-state index in [1.165, 1.54) is 27.6 Å². The first-order chi connectivity index (χ1) is 15.8. The maximum atomic E-state index is 13.1. The first-order valence-electron chi connectivity index (χ1n) is 11.0. The van der Waals surface area contributed by atoms with Crippen molar-refractivity contribution in [2.24, 2.45) is 13.0 Å². The van der Waals surface area contributed by atoms with Crippen molar-refractivity contribution in [1.29, 1.82) is 0 Å². The molecule has 4 heterocycles. The molecule has 2 aliphatic heterocycles. The highest BCUT2D eigenvalue weighted by Crippen LogP contribution is 2.26. The van der Waals surface area contributed by atoms with Crippen LogP contribution in [0.3, 0.4) is 0 Å². The second-order valence-electron chi connectivity index (χ2n) is 8.17. The monoisotopic (exact) mass is 479 g/mol. The highest BCUT2D eigenvalue weighted by molar-refractivity contribution is 7.89. The van der Waals surface area contributed by atoms with Gasteiger partial charge in [0.15, 0.2) is 0 Å². The van der Waals surface area contributed by atoms with Gasteiger partial charge in [0.2, 0.25) is 15.9 Å². The Morgan fingerprint density at radius 1 is 1.18 bits per heavy atom. The van der Waals surface area contributed by atoms with Crippen molar-refractivity contribution in [1.82, 2.24) is 28.8 Å². The van der Waals surface area contributed by atoms with E-state index in [2.05, 4.69) is 15.5 Å². The number of hydrogen-bond donors (Lipinski definition) is 1. The Morgan fingerprint density at radius 2 is 1.94 bits per heavy atom. The average molecular weight is 480 g/mol. The highest BCUT2D eigenvalue weighted by Gasteiger charge is 2.35. The zero-order valence-corrected chi connectivity index (χ0v) is 19.6. The lowest BCUT2D eigenvalue weighted by atomic mass is 9.98. The van der Waals surface area contributed by atoms with Crippen molar-refractivity contribution in [3.05, 3.63) is 24.3 Å². The summed E-state index contributed by atoms with van der Waals surface area (Å²) in [5, 5.41) is 11.0. The van der Waals surface area contributed by atoms with Gasteiger partial charge in [-0.25, -0.2) is 8.42 Å². The van der Waals surface area contributed by atoms with E-state index in [1.54, 1.807) is 16.6 Å². The number of aryl methyl sites for hydroxylation is 2. The first-order valence-corrected chi connectivity index (χ1v) is 12.5. The van der Waals surface area contributed by atoms with Gasteiger partial charge in [-0.05, 0) is 19.8 Å². The molecule has 2 aromatic rings. The van der Waals surface area contributed by atoms with Crippen molar-refractivity contribution in [3.8, 4) is 0 Å². The molecule has 33 heavy (non-hydrogen) atoms. The number of ether oxygens (including phenoxy) is 1. The summed E-state index contributed by atoms with van der Waals surface area (Å²) in [6.45, 7) is 4.65. The van der Waals surface area contributed by atoms with Gasteiger partial charge < -0.3 is 15.0 Å². The third-order valence-corrected chi connectivity index (χ3v) is 7.79. The highest BCUT2D eigenvalue weighted by atomic mass is 32.2. The molecule has 0 aliphatic carbocycles. The smallest absolute Gasteiger partial charge is 0.274 e. The van der Waals surface area contributed by atoms with Crippen molar-refractivity contribution in [2.45, 2.75) is 31.2 Å². The molecule has 2 aliphatic rings. The fourth-order valence-corrected chi connectivity index (χ4v) is 5.66. The van der Waals surface area contributed by atoms with Crippen LogP contribution in [-0.2, 0) is 33.1 Å². The quantitative estimate of drug-likeness (QED) is 0.624. The summed E-state index contributed by atoms with van der Waals surface area (Å²) in [6, 6.07) is 0. The molecule has 180 valence electrons. The zero-order valence-electron chi connectivity index (χ0n) is 18.8. The van der Waals surface area contributed by atoms with Crippen LogP contribution in [0, 0.1) is 5.92 Å². The van der Waals surface area contributed by atoms with Gasteiger partial charge in [-0.3, -0.25) is 19.0 Å². The van der Waals surface area contributed by atoms with E-state index in [0.29, 0.717) is 63.6 Å². The van der Waals surface area contributed by atoms with Gasteiger partial charge in [0, 0.05) is 46.0 Å². The minimum atomic E-state index is -3.74. The van der Waals surface area contributed by atoms with Crippen LogP contribution in [-0.4, -0.2) is 88.4 Å². The summed E-state index contributed by atoms with van der Waals surface area (Å²) in [7, 11) is -2.09. The van der Waals surface area contributed by atoms with Crippen LogP contribution >= 0.6 is 0 Å². The third-order valence-electron chi connectivity index (χ3n) is 5.97. The molecule has 13 heteroatoms. The number of sulfonamides is 1. The molecule has 1 atom stereocenters. The number of rotatable bonds is 6. The number of piperidine rings is 1. The van der Waals surface area contributed by atoms with Gasteiger partial charge in [0.1, 0.15) is 10.6 Å². The molecular formula is C20H29N7O5S. The van der Waals surface area contributed by atoms with Crippen LogP contribution in [0.5, 0.6) is 0 Å². The van der Waals surface area contributed by atoms with Crippen LogP contribution < -0.4 is 5.32 Å². The van der Waals surface area contributed by atoms with E-state index in [1.807, 2.05) is 6.92 Å². The van der Waals surface area contributed by atoms with Gasteiger partial charge in [-0.1, -0.05) is 0 Å². The molecule has 0 saturated carbocycles. The number of anilines is 1. The molecule has 2 amide bonds. The predicted octanol–water partition coefficient (Wildman–Crippen LogP) is 0.148. The molecule has 4 rings (SSSR count). The number of amides is 2. The Labute approximate surface area is 192 Å². The van der Waals surface area contributed by atoms with E-state index < -0.39 is 15.9 Å². The van der Waals surface area contributed by atoms with Crippen LogP contribution in [0.25, 0.3) is 0 Å². The van der Waals surface area contributed by atoms with E-state index in [9.17, 15) is 18.0 Å². The topological polar surface area (TPSA) is 132 Å². The number of carbonyl (C=O) groups is 2. The molecule has 0 aromatic carbocycles. The SMILES string of the molecule is CCn1ncc(NC(=O)[C@@H]2CCCN(S(=O)(=O)c3cnn(C)c3)C2)c1C(=O)N1CCOCC1. The Morgan fingerprint density at radius 3 is 2.61 bits per heavy atom. The Kier molecular flexibility index (Phi) is 6.81. The second kappa shape index (κ2) is 9.61. The molecule has 12 nitrogen and oxygen atoms in total. The number of aromatic nitrogens is 4. The van der Waals surface area contributed by atoms with E-state index in [4.69, 9.17) is 4.74 Å². The minimum Gasteiger partial charge on any atom is -0.378 e. The molecule has 1 N–H and O–H groups in total. The van der Waals surface area contributed by atoms with Crippen molar-refractivity contribution in [2.75, 3.05) is 44.7 Å². The van der Waals surface area contributed by atoms with Gasteiger partial charge in [0.25, 0.3) is 5.91 Å². The van der Waals surface area contributed by atoms with Crippen LogP contribution in [0.15, 0.2) is 23.5 Å². The Bertz CT molecular complexity index is 1120. The molecule has 2 aromatic heterocycles. The van der Waals surface area contributed by atoms with E-state index >= 15 is 0 Å². The molecular weight excluding hydrogens is 450 g/mol. The number of carbonyl (C=O) groups excluding carboxylic acids is 2. The van der Waals surface area contributed by atoms with Gasteiger partial charge in [-0.2, -0.15) is 14.5 Å². The maximum absolute atomic E-state index is 13.1. The largest absolute Gasteiger partial charge is 0.378 e.